The first kappa shape index (κ1) is 17.7. The first-order valence-electron chi connectivity index (χ1n) is 9.51. The molecule has 2 aromatic carbocycles. The van der Waals surface area contributed by atoms with Crippen LogP contribution < -0.4 is 5.69 Å². The summed E-state index contributed by atoms with van der Waals surface area (Å²) in [5.74, 6) is 0.370. The average molecular weight is 398 g/mol. The number of H-pyrrole nitrogens is 2. The summed E-state index contributed by atoms with van der Waals surface area (Å²) >= 11 is 0. The largest absolute Gasteiger partial charge is 0.323 e. The lowest BCUT2D eigenvalue weighted by Crippen LogP contribution is -2.36. The highest BCUT2D eigenvalue weighted by molar-refractivity contribution is 7.89. The molecule has 0 bridgehead atoms. The van der Waals surface area contributed by atoms with Crippen molar-refractivity contribution in [1.82, 2.24) is 19.2 Å². The molecule has 7 nitrogen and oxygen atoms in total. The number of rotatable bonds is 4. The number of hydrogen-bond acceptors (Lipinski definition) is 4. The van der Waals surface area contributed by atoms with Crippen LogP contribution in [0.2, 0.25) is 0 Å². The van der Waals surface area contributed by atoms with Gasteiger partial charge in [-0.15, -0.1) is 0 Å². The molecule has 2 fully saturated rings. The number of nitrogens with zero attached hydrogens (tertiary/aromatic N) is 2. The van der Waals surface area contributed by atoms with E-state index in [9.17, 15) is 13.2 Å². The van der Waals surface area contributed by atoms with E-state index in [0.29, 0.717) is 30.0 Å². The summed E-state index contributed by atoms with van der Waals surface area (Å²) in [5, 5.41) is 0. The standard InChI is InChI=1S/C20H22N4O3S/c25-20-21-17-7-6-16(10-18(17)22-20)28(26,27)24-12-15-8-9-23(19(15)13-24)11-14-4-2-1-3-5-14/h1-7,10,15,19H,8-9,11-13H2,(H2,21,22,25)/t15-,19+/m0/s1. The molecule has 0 aliphatic carbocycles. The molecule has 0 radical (unpaired) electrons. The number of fused-ring (bicyclic) bond motifs is 2. The maximum absolute atomic E-state index is 13.2. The lowest BCUT2D eigenvalue weighted by Gasteiger charge is -2.24. The number of benzene rings is 2. The van der Waals surface area contributed by atoms with E-state index in [1.165, 1.54) is 5.56 Å². The van der Waals surface area contributed by atoms with Crippen LogP contribution in [-0.2, 0) is 16.6 Å². The van der Waals surface area contributed by atoms with Gasteiger partial charge in [-0.1, -0.05) is 30.3 Å². The van der Waals surface area contributed by atoms with Crippen LogP contribution in [0.15, 0.2) is 58.2 Å². The van der Waals surface area contributed by atoms with Gasteiger partial charge < -0.3 is 9.97 Å². The van der Waals surface area contributed by atoms with E-state index in [1.54, 1.807) is 22.5 Å². The molecule has 2 saturated heterocycles. The molecular weight excluding hydrogens is 376 g/mol. The first-order chi connectivity index (χ1) is 13.5. The van der Waals surface area contributed by atoms with Gasteiger partial charge in [-0.2, -0.15) is 4.31 Å². The van der Waals surface area contributed by atoms with Crippen molar-refractivity contribution in [2.45, 2.75) is 23.9 Å². The van der Waals surface area contributed by atoms with Gasteiger partial charge in [0.25, 0.3) is 0 Å². The fourth-order valence-electron chi connectivity index (χ4n) is 4.54. The van der Waals surface area contributed by atoms with Crippen molar-refractivity contribution < 1.29 is 8.42 Å². The van der Waals surface area contributed by atoms with Gasteiger partial charge in [0.15, 0.2) is 0 Å². The number of nitrogens with one attached hydrogen (secondary N) is 2. The van der Waals surface area contributed by atoms with Crippen LogP contribution in [0.1, 0.15) is 12.0 Å². The molecule has 3 heterocycles. The van der Waals surface area contributed by atoms with Gasteiger partial charge in [0.05, 0.1) is 15.9 Å². The molecule has 2 N–H and O–H groups in total. The van der Waals surface area contributed by atoms with E-state index in [0.717, 1.165) is 19.5 Å². The van der Waals surface area contributed by atoms with Gasteiger partial charge in [0, 0.05) is 25.7 Å². The van der Waals surface area contributed by atoms with Crippen LogP contribution in [0.5, 0.6) is 0 Å². The van der Waals surface area contributed by atoms with Crippen LogP contribution >= 0.6 is 0 Å². The van der Waals surface area contributed by atoms with Crippen LogP contribution in [-0.4, -0.2) is 53.3 Å². The van der Waals surface area contributed by atoms with E-state index in [1.807, 2.05) is 18.2 Å². The maximum Gasteiger partial charge on any atom is 0.323 e. The van der Waals surface area contributed by atoms with Crippen molar-refractivity contribution in [3.05, 3.63) is 64.6 Å². The van der Waals surface area contributed by atoms with E-state index < -0.39 is 10.0 Å². The zero-order valence-corrected chi connectivity index (χ0v) is 16.2. The molecule has 5 rings (SSSR count). The molecule has 2 atom stereocenters. The monoisotopic (exact) mass is 398 g/mol. The number of imidazole rings is 1. The smallest absolute Gasteiger partial charge is 0.306 e. The molecule has 28 heavy (non-hydrogen) atoms. The maximum atomic E-state index is 13.2. The molecule has 3 aromatic rings. The molecule has 2 aliphatic rings. The predicted molar refractivity (Wildman–Crippen MR) is 106 cm³/mol. The molecule has 0 amide bonds. The Labute approximate surface area is 163 Å². The third-order valence-electron chi connectivity index (χ3n) is 5.98. The summed E-state index contributed by atoms with van der Waals surface area (Å²) in [4.78, 5) is 19.4. The van der Waals surface area contributed by atoms with E-state index in [4.69, 9.17) is 0 Å². The second kappa shape index (κ2) is 6.58. The normalized spacial score (nSPS) is 23.4. The van der Waals surface area contributed by atoms with Crippen molar-refractivity contribution in [3.8, 4) is 0 Å². The van der Waals surface area contributed by atoms with Crippen molar-refractivity contribution >= 4 is 21.1 Å². The minimum absolute atomic E-state index is 0.227. The first-order valence-corrected chi connectivity index (χ1v) is 10.9. The molecule has 1 aromatic heterocycles. The molecule has 2 aliphatic heterocycles. The number of aromatic amines is 2. The van der Waals surface area contributed by atoms with E-state index in [-0.39, 0.29) is 16.6 Å². The number of hydrogen-bond donors (Lipinski definition) is 2. The Morgan fingerprint density at radius 3 is 2.61 bits per heavy atom. The Kier molecular flexibility index (Phi) is 4.15. The average Bonchev–Trinajstić information content (AvgIpc) is 3.36. The van der Waals surface area contributed by atoms with Gasteiger partial charge in [0.1, 0.15) is 0 Å². The van der Waals surface area contributed by atoms with Gasteiger partial charge in [0.2, 0.25) is 10.0 Å². The fourth-order valence-corrected chi connectivity index (χ4v) is 6.08. The fraction of sp³-hybridized carbons (Fsp3) is 0.350. The van der Waals surface area contributed by atoms with Gasteiger partial charge in [-0.05, 0) is 42.6 Å². The lowest BCUT2D eigenvalue weighted by molar-refractivity contribution is 0.236. The van der Waals surface area contributed by atoms with Crippen molar-refractivity contribution in [2.75, 3.05) is 19.6 Å². The summed E-state index contributed by atoms with van der Waals surface area (Å²) in [5.41, 5.74) is 2.04. The third kappa shape index (κ3) is 2.97. The summed E-state index contributed by atoms with van der Waals surface area (Å²) in [7, 11) is -3.59. The number of likely N-dealkylation sites (tertiary alicyclic amines) is 1. The highest BCUT2D eigenvalue weighted by atomic mass is 32.2. The summed E-state index contributed by atoms with van der Waals surface area (Å²) < 4.78 is 28.0. The van der Waals surface area contributed by atoms with Gasteiger partial charge in [-0.3, -0.25) is 4.90 Å². The number of aromatic nitrogens is 2. The Bertz CT molecular complexity index is 1170. The SMILES string of the molecule is O=c1[nH]c2ccc(S(=O)(=O)N3C[C@@H]4CCN(Cc5ccccc5)[C@@H]4C3)cc2[nH]1. The summed E-state index contributed by atoms with van der Waals surface area (Å²) in [6.45, 7) is 2.93. The molecule has 0 unspecified atom stereocenters. The molecular formula is C20H22N4O3S. The minimum Gasteiger partial charge on any atom is -0.306 e. The zero-order valence-electron chi connectivity index (χ0n) is 15.3. The molecule has 0 saturated carbocycles. The molecule has 8 heteroatoms. The number of sulfonamides is 1. The Morgan fingerprint density at radius 1 is 1.00 bits per heavy atom. The second-order valence-corrected chi connectivity index (χ2v) is 9.62. The Hall–Kier alpha value is -2.42. The van der Waals surface area contributed by atoms with E-state index in [2.05, 4.69) is 27.0 Å². The van der Waals surface area contributed by atoms with Crippen molar-refractivity contribution in [3.63, 3.8) is 0 Å². The van der Waals surface area contributed by atoms with Crippen molar-refractivity contribution in [1.29, 1.82) is 0 Å². The lowest BCUT2D eigenvalue weighted by atomic mass is 10.1. The second-order valence-electron chi connectivity index (χ2n) is 7.68. The summed E-state index contributed by atoms with van der Waals surface area (Å²) in [6, 6.07) is 15.3. The Balaban J connectivity index is 1.37. The highest BCUT2D eigenvalue weighted by Crippen LogP contribution is 2.35. The predicted octanol–water partition coefficient (Wildman–Crippen LogP) is 1.75. The van der Waals surface area contributed by atoms with Crippen LogP contribution in [0.3, 0.4) is 0 Å². The van der Waals surface area contributed by atoms with Crippen LogP contribution in [0.25, 0.3) is 11.0 Å². The zero-order chi connectivity index (χ0) is 19.3. The molecule has 146 valence electrons. The summed E-state index contributed by atoms with van der Waals surface area (Å²) in [6.07, 6.45) is 1.02. The van der Waals surface area contributed by atoms with Crippen molar-refractivity contribution in [2.24, 2.45) is 5.92 Å². The highest BCUT2D eigenvalue weighted by Gasteiger charge is 2.45. The van der Waals surface area contributed by atoms with Crippen LogP contribution in [0.4, 0.5) is 0 Å². The van der Waals surface area contributed by atoms with Gasteiger partial charge in [-0.25, -0.2) is 13.2 Å². The molecule has 0 spiro atoms. The quantitative estimate of drug-likeness (QED) is 0.701. The minimum atomic E-state index is -3.59. The van der Waals surface area contributed by atoms with E-state index >= 15 is 0 Å². The van der Waals surface area contributed by atoms with Crippen LogP contribution in [0, 0.1) is 5.92 Å². The Morgan fingerprint density at radius 2 is 1.79 bits per heavy atom. The van der Waals surface area contributed by atoms with Gasteiger partial charge >= 0.3 is 5.69 Å². The topological polar surface area (TPSA) is 89.3 Å². The third-order valence-corrected chi connectivity index (χ3v) is 7.81.